The zero-order valence-corrected chi connectivity index (χ0v) is 6.58. The molecule has 5 nitrogen and oxygen atoms in total. The molecule has 0 aliphatic rings. The maximum absolute atomic E-state index is 12.0. The molecule has 76 valence electrons. The average Bonchev–Trinajstić information content (AvgIpc) is 1.96. The summed E-state index contributed by atoms with van der Waals surface area (Å²) in [7, 11) is 0.772. The topological polar surface area (TPSA) is 70.0 Å². The lowest BCUT2D eigenvalue weighted by Crippen LogP contribution is -2.42. The Labute approximate surface area is 71.1 Å². The molecule has 0 aliphatic heterocycles. The zero-order valence-electron chi connectivity index (χ0n) is 6.58. The van der Waals surface area contributed by atoms with Gasteiger partial charge in [-0.3, -0.25) is 9.80 Å². The van der Waals surface area contributed by atoms with Crippen molar-refractivity contribution in [2.45, 2.75) is 18.6 Å². The number of halogens is 3. The number of hydrogen-bond donors (Lipinski definition) is 1. The van der Waals surface area contributed by atoms with E-state index in [9.17, 15) is 22.9 Å². The third-order valence-corrected chi connectivity index (χ3v) is 1.33. The first-order chi connectivity index (χ1) is 5.79. The summed E-state index contributed by atoms with van der Waals surface area (Å²) in [6.07, 6.45) is -5.98. The molecule has 0 aliphatic carbocycles. The van der Waals surface area contributed by atoms with Gasteiger partial charge in [-0.15, -0.1) is 4.91 Å². The van der Waals surface area contributed by atoms with Crippen LogP contribution in [0.5, 0.6) is 0 Å². The van der Waals surface area contributed by atoms with E-state index in [1.807, 2.05) is 5.29 Å². The van der Waals surface area contributed by atoms with Crippen LogP contribution in [0.1, 0.15) is 6.42 Å². The van der Waals surface area contributed by atoms with Crippen LogP contribution in [-0.4, -0.2) is 35.4 Å². The molecule has 0 saturated carbocycles. The van der Waals surface area contributed by atoms with Gasteiger partial charge in [0.05, 0.1) is 11.7 Å². The average molecular weight is 200 g/mol. The first kappa shape index (κ1) is 11.7. The first-order valence-electron chi connectivity index (χ1n) is 3.13. The van der Waals surface area contributed by atoms with Gasteiger partial charge < -0.3 is 5.11 Å². The molecule has 0 saturated heterocycles. The SMILES string of the molecule is CN(N=O)C(CC(=O)O)C(F)(F)F. The van der Waals surface area contributed by atoms with Gasteiger partial charge in [-0.25, -0.2) is 0 Å². The summed E-state index contributed by atoms with van der Waals surface area (Å²) < 4.78 is 36.0. The minimum atomic E-state index is -4.78. The maximum atomic E-state index is 12.0. The van der Waals surface area contributed by atoms with Crippen molar-refractivity contribution in [1.82, 2.24) is 5.01 Å². The number of alkyl halides is 3. The summed E-state index contributed by atoms with van der Waals surface area (Å²) in [6.45, 7) is 0. The molecule has 0 aromatic rings. The van der Waals surface area contributed by atoms with E-state index in [0.717, 1.165) is 7.05 Å². The van der Waals surface area contributed by atoms with E-state index < -0.39 is 24.6 Å². The first-order valence-corrected chi connectivity index (χ1v) is 3.13. The standard InChI is InChI=1S/C5H7F3N2O3/c1-10(9-13)3(2-4(11)12)5(6,7)8/h3H,2H2,1H3,(H,11,12). The zero-order chi connectivity index (χ0) is 10.6. The van der Waals surface area contributed by atoms with E-state index in [-0.39, 0.29) is 5.01 Å². The molecule has 1 unspecified atom stereocenters. The highest BCUT2D eigenvalue weighted by molar-refractivity contribution is 5.67. The second-order valence-electron chi connectivity index (χ2n) is 2.31. The Hall–Kier alpha value is -1.34. The van der Waals surface area contributed by atoms with Crippen molar-refractivity contribution in [2.75, 3.05) is 7.05 Å². The van der Waals surface area contributed by atoms with Crippen LogP contribution in [0.15, 0.2) is 5.29 Å². The predicted molar refractivity (Wildman–Crippen MR) is 35.7 cm³/mol. The van der Waals surface area contributed by atoms with Crippen molar-refractivity contribution in [3.8, 4) is 0 Å². The summed E-state index contributed by atoms with van der Waals surface area (Å²) in [5.74, 6) is -1.64. The van der Waals surface area contributed by atoms with Crippen molar-refractivity contribution in [3.05, 3.63) is 4.91 Å². The number of carboxylic acid groups (broad SMARTS) is 1. The van der Waals surface area contributed by atoms with Crippen LogP contribution in [0.25, 0.3) is 0 Å². The smallest absolute Gasteiger partial charge is 0.411 e. The fourth-order valence-electron chi connectivity index (χ4n) is 0.682. The summed E-state index contributed by atoms with van der Waals surface area (Å²) in [4.78, 5) is 19.8. The highest BCUT2D eigenvalue weighted by Crippen LogP contribution is 2.26. The lowest BCUT2D eigenvalue weighted by Gasteiger charge is -2.23. The Balaban J connectivity index is 4.55. The van der Waals surface area contributed by atoms with Crippen molar-refractivity contribution in [2.24, 2.45) is 5.29 Å². The maximum Gasteiger partial charge on any atom is 0.411 e. The number of aliphatic carboxylic acids is 1. The van der Waals surface area contributed by atoms with Gasteiger partial charge in [0, 0.05) is 7.05 Å². The molecule has 0 heterocycles. The normalized spacial score (nSPS) is 13.5. The molecular weight excluding hydrogens is 193 g/mol. The molecular formula is C5H7F3N2O3. The van der Waals surface area contributed by atoms with Crippen LogP contribution in [0.4, 0.5) is 13.2 Å². The number of carbonyl (C=O) groups is 1. The second kappa shape index (κ2) is 4.06. The largest absolute Gasteiger partial charge is 0.481 e. The van der Waals surface area contributed by atoms with Gasteiger partial charge in [-0.2, -0.15) is 13.2 Å². The van der Waals surface area contributed by atoms with Crippen LogP contribution in [0, 0.1) is 4.91 Å². The Bertz CT molecular complexity index is 206. The molecule has 0 bridgehead atoms. The van der Waals surface area contributed by atoms with E-state index >= 15 is 0 Å². The summed E-state index contributed by atoms with van der Waals surface area (Å²) in [5.41, 5.74) is 0. The highest BCUT2D eigenvalue weighted by atomic mass is 19.4. The fraction of sp³-hybridized carbons (Fsp3) is 0.800. The summed E-state index contributed by atoms with van der Waals surface area (Å²) in [6, 6.07) is -2.37. The van der Waals surface area contributed by atoms with Crippen LogP contribution in [0.2, 0.25) is 0 Å². The van der Waals surface area contributed by atoms with E-state index in [2.05, 4.69) is 0 Å². The fourth-order valence-corrected chi connectivity index (χ4v) is 0.682. The molecule has 0 rings (SSSR count). The monoisotopic (exact) mass is 200 g/mol. The van der Waals surface area contributed by atoms with Crippen molar-refractivity contribution in [1.29, 1.82) is 0 Å². The third kappa shape index (κ3) is 3.72. The Morgan fingerprint density at radius 3 is 2.31 bits per heavy atom. The lowest BCUT2D eigenvalue weighted by molar-refractivity contribution is -0.187. The summed E-state index contributed by atoms with van der Waals surface area (Å²) in [5, 5.41) is 10.2. The Morgan fingerprint density at radius 2 is 2.08 bits per heavy atom. The Morgan fingerprint density at radius 1 is 1.62 bits per heavy atom. The molecule has 0 fully saturated rings. The van der Waals surface area contributed by atoms with E-state index in [1.54, 1.807) is 0 Å². The molecule has 1 N–H and O–H groups in total. The highest BCUT2D eigenvalue weighted by Gasteiger charge is 2.44. The Kier molecular flexibility index (Phi) is 3.64. The minimum Gasteiger partial charge on any atom is -0.481 e. The molecule has 0 spiro atoms. The van der Waals surface area contributed by atoms with E-state index in [0.29, 0.717) is 0 Å². The van der Waals surface area contributed by atoms with Crippen LogP contribution >= 0.6 is 0 Å². The molecule has 8 heteroatoms. The molecule has 0 radical (unpaired) electrons. The predicted octanol–water partition coefficient (Wildman–Crippen LogP) is 1.01. The van der Waals surface area contributed by atoms with Crippen LogP contribution < -0.4 is 0 Å². The van der Waals surface area contributed by atoms with Crippen molar-refractivity contribution in [3.63, 3.8) is 0 Å². The van der Waals surface area contributed by atoms with Gasteiger partial charge in [0.2, 0.25) is 0 Å². The number of carboxylic acids is 1. The quantitative estimate of drug-likeness (QED) is 0.543. The number of rotatable bonds is 4. The molecule has 1 atom stereocenters. The van der Waals surface area contributed by atoms with Crippen LogP contribution in [0.3, 0.4) is 0 Å². The van der Waals surface area contributed by atoms with Crippen molar-refractivity contribution < 1.29 is 23.1 Å². The molecule has 13 heavy (non-hydrogen) atoms. The van der Waals surface area contributed by atoms with Gasteiger partial charge in [-0.05, 0) is 0 Å². The number of nitrogens with zero attached hydrogens (tertiary/aromatic N) is 2. The van der Waals surface area contributed by atoms with Gasteiger partial charge in [0.25, 0.3) is 0 Å². The summed E-state index contributed by atoms with van der Waals surface area (Å²) >= 11 is 0. The number of nitroso groups, excluding NO2 is 1. The second-order valence-corrected chi connectivity index (χ2v) is 2.31. The minimum absolute atomic E-state index is 0.0358. The van der Waals surface area contributed by atoms with Gasteiger partial charge in [-0.1, -0.05) is 0 Å². The molecule has 0 aromatic heterocycles. The lowest BCUT2D eigenvalue weighted by atomic mass is 10.2. The number of hydrogen-bond acceptors (Lipinski definition) is 3. The van der Waals surface area contributed by atoms with Gasteiger partial charge >= 0.3 is 12.1 Å². The molecule has 0 amide bonds. The van der Waals surface area contributed by atoms with Gasteiger partial charge in [0.15, 0.2) is 6.04 Å². The van der Waals surface area contributed by atoms with E-state index in [4.69, 9.17) is 5.11 Å². The molecule has 0 aromatic carbocycles. The van der Waals surface area contributed by atoms with E-state index in [1.165, 1.54) is 0 Å². The van der Waals surface area contributed by atoms with Crippen molar-refractivity contribution >= 4 is 5.97 Å². The third-order valence-electron chi connectivity index (χ3n) is 1.33. The van der Waals surface area contributed by atoms with Crippen LogP contribution in [-0.2, 0) is 4.79 Å². The van der Waals surface area contributed by atoms with Gasteiger partial charge in [0.1, 0.15) is 0 Å².